The van der Waals surface area contributed by atoms with Crippen LogP contribution in [0.2, 0.25) is 5.02 Å². The molecule has 1 atom stereocenters. The fourth-order valence-electron chi connectivity index (χ4n) is 1.85. The molecule has 0 saturated carbocycles. The maximum absolute atomic E-state index is 11.5. The van der Waals surface area contributed by atoms with Crippen molar-refractivity contribution in [2.24, 2.45) is 0 Å². The lowest BCUT2D eigenvalue weighted by Gasteiger charge is -2.22. The van der Waals surface area contributed by atoms with Crippen molar-refractivity contribution in [1.29, 1.82) is 0 Å². The van der Waals surface area contributed by atoms with Gasteiger partial charge >= 0.3 is 0 Å². The lowest BCUT2D eigenvalue weighted by atomic mass is 9.99. The van der Waals surface area contributed by atoms with Crippen molar-refractivity contribution in [2.45, 2.75) is 25.3 Å². The number of halogens is 1. The highest BCUT2D eigenvalue weighted by Gasteiger charge is 2.17. The fraction of sp³-hybridized carbons (Fsp3) is 0.500. The summed E-state index contributed by atoms with van der Waals surface area (Å²) < 4.78 is 0. The Kier molecular flexibility index (Phi) is 2.89. The van der Waals surface area contributed by atoms with Crippen LogP contribution in [-0.2, 0) is 0 Å². The summed E-state index contributed by atoms with van der Waals surface area (Å²) in [6, 6.07) is 1.93. The summed E-state index contributed by atoms with van der Waals surface area (Å²) in [6.07, 6.45) is 4.90. The Hall–Kier alpha value is -0.800. The first-order valence-corrected chi connectivity index (χ1v) is 5.26. The van der Waals surface area contributed by atoms with Crippen LogP contribution in [0.15, 0.2) is 17.1 Å². The molecule has 2 N–H and O–H groups in total. The van der Waals surface area contributed by atoms with Crippen LogP contribution >= 0.6 is 11.6 Å². The molecule has 76 valence electrons. The predicted molar refractivity (Wildman–Crippen MR) is 56.7 cm³/mol. The molecule has 0 unspecified atom stereocenters. The highest BCUT2D eigenvalue weighted by atomic mass is 35.5. The zero-order valence-corrected chi connectivity index (χ0v) is 8.60. The van der Waals surface area contributed by atoms with E-state index in [-0.39, 0.29) is 11.6 Å². The minimum absolute atomic E-state index is 0.0335. The van der Waals surface area contributed by atoms with Gasteiger partial charge in [-0.1, -0.05) is 18.0 Å². The van der Waals surface area contributed by atoms with Gasteiger partial charge in [0.25, 0.3) is 5.56 Å². The van der Waals surface area contributed by atoms with Gasteiger partial charge in [-0.15, -0.1) is 0 Å². The van der Waals surface area contributed by atoms with Crippen molar-refractivity contribution in [3.05, 3.63) is 33.2 Å². The van der Waals surface area contributed by atoms with E-state index in [4.69, 9.17) is 11.6 Å². The van der Waals surface area contributed by atoms with Crippen molar-refractivity contribution in [3.63, 3.8) is 0 Å². The average Bonchev–Trinajstić information content (AvgIpc) is 2.23. The van der Waals surface area contributed by atoms with Crippen molar-refractivity contribution in [3.8, 4) is 0 Å². The van der Waals surface area contributed by atoms with E-state index in [1.807, 2.05) is 0 Å². The number of pyridine rings is 1. The van der Waals surface area contributed by atoms with Crippen LogP contribution < -0.4 is 10.9 Å². The normalized spacial score (nSPS) is 22.2. The SMILES string of the molecule is O=c1[nH]cc(Cl)cc1[C@H]1CCCCN1. The first-order valence-electron chi connectivity index (χ1n) is 4.89. The van der Waals surface area contributed by atoms with Gasteiger partial charge in [0.1, 0.15) is 0 Å². The molecular formula is C10H13ClN2O. The van der Waals surface area contributed by atoms with Crippen molar-refractivity contribution in [1.82, 2.24) is 10.3 Å². The summed E-state index contributed by atoms with van der Waals surface area (Å²) in [6.45, 7) is 0.983. The van der Waals surface area contributed by atoms with Crippen molar-refractivity contribution in [2.75, 3.05) is 6.54 Å². The number of hydrogen-bond acceptors (Lipinski definition) is 2. The highest BCUT2D eigenvalue weighted by Crippen LogP contribution is 2.21. The third-order valence-electron chi connectivity index (χ3n) is 2.58. The van der Waals surface area contributed by atoms with E-state index in [0.29, 0.717) is 5.02 Å². The molecule has 0 radical (unpaired) electrons. The summed E-state index contributed by atoms with van der Waals surface area (Å²) in [5.41, 5.74) is 0.728. The first kappa shape index (κ1) is 9.74. The van der Waals surface area contributed by atoms with Crippen LogP contribution in [0, 0.1) is 0 Å². The predicted octanol–water partition coefficient (Wildman–Crippen LogP) is 1.84. The summed E-state index contributed by atoms with van der Waals surface area (Å²) in [5.74, 6) is 0. The van der Waals surface area contributed by atoms with Crippen LogP contribution in [0.25, 0.3) is 0 Å². The van der Waals surface area contributed by atoms with Gasteiger partial charge < -0.3 is 10.3 Å². The number of hydrogen-bond donors (Lipinski definition) is 2. The van der Waals surface area contributed by atoms with E-state index in [0.717, 1.165) is 18.5 Å². The Balaban J connectivity index is 2.29. The summed E-state index contributed by atoms with van der Waals surface area (Å²) in [5, 5.41) is 3.91. The van der Waals surface area contributed by atoms with Crippen molar-refractivity contribution < 1.29 is 0 Å². The second-order valence-corrected chi connectivity index (χ2v) is 4.04. The quantitative estimate of drug-likeness (QED) is 0.746. The topological polar surface area (TPSA) is 44.9 Å². The third kappa shape index (κ3) is 1.99. The lowest BCUT2D eigenvalue weighted by Crippen LogP contribution is -2.31. The Morgan fingerprint density at radius 1 is 1.43 bits per heavy atom. The van der Waals surface area contributed by atoms with E-state index in [9.17, 15) is 4.79 Å². The van der Waals surface area contributed by atoms with Gasteiger partial charge in [-0.2, -0.15) is 0 Å². The lowest BCUT2D eigenvalue weighted by molar-refractivity contribution is 0.410. The standard InChI is InChI=1S/C10H13ClN2O/c11-7-5-8(10(14)13-6-7)9-3-1-2-4-12-9/h5-6,9,12H,1-4H2,(H,13,14)/t9-/m1/s1. The maximum atomic E-state index is 11.5. The minimum Gasteiger partial charge on any atom is -0.327 e. The van der Waals surface area contributed by atoms with Gasteiger partial charge in [0.05, 0.1) is 5.02 Å². The van der Waals surface area contributed by atoms with Crippen LogP contribution in [0.3, 0.4) is 0 Å². The van der Waals surface area contributed by atoms with E-state index in [1.54, 1.807) is 6.07 Å². The smallest absolute Gasteiger partial charge is 0.252 e. The molecular weight excluding hydrogens is 200 g/mol. The summed E-state index contributed by atoms with van der Waals surface area (Å²) in [4.78, 5) is 14.2. The number of aromatic nitrogens is 1. The fourth-order valence-corrected chi connectivity index (χ4v) is 2.02. The minimum atomic E-state index is -0.0335. The maximum Gasteiger partial charge on any atom is 0.252 e. The van der Waals surface area contributed by atoms with E-state index in [1.165, 1.54) is 19.0 Å². The van der Waals surface area contributed by atoms with Crippen LogP contribution in [0.4, 0.5) is 0 Å². The second kappa shape index (κ2) is 4.15. The van der Waals surface area contributed by atoms with Crippen molar-refractivity contribution >= 4 is 11.6 Å². The molecule has 0 bridgehead atoms. The van der Waals surface area contributed by atoms with Gasteiger partial charge in [0.15, 0.2) is 0 Å². The summed E-state index contributed by atoms with van der Waals surface area (Å²) >= 11 is 5.84. The van der Waals surface area contributed by atoms with Gasteiger partial charge in [-0.05, 0) is 25.5 Å². The van der Waals surface area contributed by atoms with Gasteiger partial charge in [0, 0.05) is 17.8 Å². The Morgan fingerprint density at radius 3 is 3.00 bits per heavy atom. The Labute approximate surface area is 87.5 Å². The molecule has 0 aromatic carbocycles. The molecule has 0 amide bonds. The first-order chi connectivity index (χ1) is 6.77. The number of H-pyrrole nitrogens is 1. The zero-order chi connectivity index (χ0) is 9.97. The Bertz CT molecular complexity index is 369. The molecule has 2 rings (SSSR count). The molecule has 4 heteroatoms. The number of nitrogens with one attached hydrogen (secondary N) is 2. The van der Waals surface area contributed by atoms with E-state index < -0.39 is 0 Å². The van der Waals surface area contributed by atoms with E-state index in [2.05, 4.69) is 10.3 Å². The van der Waals surface area contributed by atoms with Crippen LogP contribution in [0.5, 0.6) is 0 Å². The van der Waals surface area contributed by atoms with E-state index >= 15 is 0 Å². The van der Waals surface area contributed by atoms with Gasteiger partial charge in [-0.25, -0.2) is 0 Å². The highest BCUT2D eigenvalue weighted by molar-refractivity contribution is 6.30. The molecule has 1 fully saturated rings. The molecule has 1 saturated heterocycles. The zero-order valence-electron chi connectivity index (χ0n) is 7.85. The molecule has 1 aromatic heterocycles. The van der Waals surface area contributed by atoms with Crippen LogP contribution in [0.1, 0.15) is 30.9 Å². The molecule has 1 aromatic rings. The Morgan fingerprint density at radius 2 is 2.29 bits per heavy atom. The van der Waals surface area contributed by atoms with Gasteiger partial charge in [0.2, 0.25) is 0 Å². The third-order valence-corrected chi connectivity index (χ3v) is 2.80. The summed E-state index contributed by atoms with van der Waals surface area (Å²) in [7, 11) is 0. The largest absolute Gasteiger partial charge is 0.327 e. The van der Waals surface area contributed by atoms with Crippen LogP contribution in [-0.4, -0.2) is 11.5 Å². The number of piperidine rings is 1. The molecule has 14 heavy (non-hydrogen) atoms. The second-order valence-electron chi connectivity index (χ2n) is 3.60. The molecule has 0 spiro atoms. The molecule has 2 heterocycles. The average molecular weight is 213 g/mol. The number of aromatic amines is 1. The molecule has 1 aliphatic rings. The van der Waals surface area contributed by atoms with Gasteiger partial charge in [-0.3, -0.25) is 4.79 Å². The molecule has 0 aliphatic carbocycles. The monoisotopic (exact) mass is 212 g/mol. The molecule has 3 nitrogen and oxygen atoms in total. The number of rotatable bonds is 1. The molecule has 1 aliphatic heterocycles.